The molecule has 1 aromatic rings. The van der Waals surface area contributed by atoms with E-state index in [4.69, 9.17) is 17.4 Å². The molecule has 3 heteroatoms. The molecule has 0 spiro atoms. The summed E-state index contributed by atoms with van der Waals surface area (Å²) in [5.74, 6) is 5.65. The minimum absolute atomic E-state index is 0.367. The first kappa shape index (κ1) is 17.5. The Hall–Kier alpha value is -0.570. The van der Waals surface area contributed by atoms with Crippen molar-refractivity contribution in [3.63, 3.8) is 0 Å². The summed E-state index contributed by atoms with van der Waals surface area (Å²) < 4.78 is 0. The van der Waals surface area contributed by atoms with Crippen molar-refractivity contribution in [1.29, 1.82) is 0 Å². The average molecular weight is 297 g/mol. The van der Waals surface area contributed by atoms with Crippen LogP contribution in [-0.2, 0) is 6.42 Å². The highest BCUT2D eigenvalue weighted by Crippen LogP contribution is 2.14. The average Bonchev–Trinajstić information content (AvgIpc) is 2.47. The van der Waals surface area contributed by atoms with Crippen molar-refractivity contribution in [3.8, 4) is 0 Å². The summed E-state index contributed by atoms with van der Waals surface area (Å²) in [7, 11) is 0. The van der Waals surface area contributed by atoms with Crippen LogP contribution in [0.3, 0.4) is 0 Å². The van der Waals surface area contributed by atoms with Crippen molar-refractivity contribution in [3.05, 3.63) is 34.9 Å². The Morgan fingerprint density at radius 2 is 1.60 bits per heavy atom. The Morgan fingerprint density at radius 1 is 1.00 bits per heavy atom. The van der Waals surface area contributed by atoms with Crippen LogP contribution in [0.15, 0.2) is 24.3 Å². The molecule has 0 aliphatic rings. The van der Waals surface area contributed by atoms with E-state index in [1.807, 2.05) is 12.1 Å². The fourth-order valence-electron chi connectivity index (χ4n) is 2.50. The van der Waals surface area contributed by atoms with E-state index in [2.05, 4.69) is 24.5 Å². The highest BCUT2D eigenvalue weighted by molar-refractivity contribution is 6.30. The van der Waals surface area contributed by atoms with Gasteiger partial charge in [-0.3, -0.25) is 11.3 Å². The predicted octanol–water partition coefficient (Wildman–Crippen LogP) is 4.86. The number of hydrogen-bond donors (Lipinski definition) is 2. The first-order valence-corrected chi connectivity index (χ1v) is 8.34. The van der Waals surface area contributed by atoms with Gasteiger partial charge in [-0.05, 0) is 30.5 Å². The number of hydrogen-bond acceptors (Lipinski definition) is 2. The van der Waals surface area contributed by atoms with Crippen LogP contribution in [0.25, 0.3) is 0 Å². The van der Waals surface area contributed by atoms with E-state index in [1.54, 1.807) is 0 Å². The van der Waals surface area contributed by atoms with Gasteiger partial charge >= 0.3 is 0 Å². The first-order valence-electron chi connectivity index (χ1n) is 7.96. The summed E-state index contributed by atoms with van der Waals surface area (Å²) in [5, 5.41) is 0.790. The van der Waals surface area contributed by atoms with E-state index in [9.17, 15) is 0 Å². The van der Waals surface area contributed by atoms with Crippen molar-refractivity contribution >= 4 is 11.6 Å². The highest BCUT2D eigenvalue weighted by atomic mass is 35.5. The Labute approximate surface area is 129 Å². The minimum Gasteiger partial charge on any atom is -0.271 e. The van der Waals surface area contributed by atoms with Gasteiger partial charge in [0, 0.05) is 11.1 Å². The number of rotatable bonds is 11. The van der Waals surface area contributed by atoms with Gasteiger partial charge in [-0.25, -0.2) is 0 Å². The van der Waals surface area contributed by atoms with Crippen LogP contribution in [0.2, 0.25) is 5.02 Å². The van der Waals surface area contributed by atoms with Crippen molar-refractivity contribution in [2.45, 2.75) is 70.8 Å². The molecule has 0 fully saturated rings. The molecule has 3 N–H and O–H groups in total. The largest absolute Gasteiger partial charge is 0.271 e. The third-order valence-electron chi connectivity index (χ3n) is 3.79. The monoisotopic (exact) mass is 296 g/mol. The molecule has 0 radical (unpaired) electrons. The Balaban J connectivity index is 2.14. The molecule has 1 rings (SSSR count). The molecule has 0 aromatic heterocycles. The van der Waals surface area contributed by atoms with Gasteiger partial charge in [0.15, 0.2) is 0 Å². The van der Waals surface area contributed by atoms with Crippen LogP contribution < -0.4 is 11.3 Å². The number of hydrazine groups is 1. The molecule has 0 heterocycles. The van der Waals surface area contributed by atoms with Crippen LogP contribution in [0.4, 0.5) is 0 Å². The molecule has 0 saturated carbocycles. The molecule has 1 unspecified atom stereocenters. The maximum atomic E-state index is 5.90. The number of nitrogens with two attached hydrogens (primary N) is 1. The molecule has 0 amide bonds. The summed E-state index contributed by atoms with van der Waals surface area (Å²) in [6.07, 6.45) is 11.5. The molecule has 2 nitrogen and oxygen atoms in total. The van der Waals surface area contributed by atoms with Crippen LogP contribution in [0.1, 0.15) is 63.9 Å². The lowest BCUT2D eigenvalue weighted by Crippen LogP contribution is -2.36. The van der Waals surface area contributed by atoms with Crippen LogP contribution >= 0.6 is 11.6 Å². The summed E-state index contributed by atoms with van der Waals surface area (Å²) >= 11 is 5.90. The molecule has 0 aliphatic carbocycles. The Kier molecular flexibility index (Phi) is 9.73. The smallest absolute Gasteiger partial charge is 0.0406 e. The SMILES string of the molecule is CCCCCCCCCC(Cc1ccc(Cl)cc1)NN. The zero-order chi connectivity index (χ0) is 14.6. The number of halogens is 1. The molecule has 0 aliphatic heterocycles. The second-order valence-corrected chi connectivity index (χ2v) is 6.04. The van der Waals surface area contributed by atoms with Gasteiger partial charge in [0.2, 0.25) is 0 Å². The summed E-state index contributed by atoms with van der Waals surface area (Å²) in [4.78, 5) is 0. The van der Waals surface area contributed by atoms with Crippen molar-refractivity contribution < 1.29 is 0 Å². The lowest BCUT2D eigenvalue weighted by Gasteiger charge is -2.16. The first-order chi connectivity index (χ1) is 9.76. The fraction of sp³-hybridized carbons (Fsp3) is 0.647. The van der Waals surface area contributed by atoms with Gasteiger partial charge in [-0.1, -0.05) is 75.6 Å². The molecule has 114 valence electrons. The highest BCUT2D eigenvalue weighted by Gasteiger charge is 2.07. The van der Waals surface area contributed by atoms with Gasteiger partial charge in [-0.15, -0.1) is 0 Å². The summed E-state index contributed by atoms with van der Waals surface area (Å²) in [5.41, 5.74) is 4.24. The molecule has 1 aromatic carbocycles. The summed E-state index contributed by atoms with van der Waals surface area (Å²) in [6.45, 7) is 2.26. The van der Waals surface area contributed by atoms with Crippen LogP contribution in [-0.4, -0.2) is 6.04 Å². The Bertz CT molecular complexity index is 337. The third kappa shape index (κ3) is 7.88. The van der Waals surface area contributed by atoms with Crippen molar-refractivity contribution in [2.24, 2.45) is 5.84 Å². The molecule has 1 atom stereocenters. The molecular weight excluding hydrogens is 268 g/mol. The molecule has 20 heavy (non-hydrogen) atoms. The molecule has 0 bridgehead atoms. The zero-order valence-corrected chi connectivity index (χ0v) is 13.5. The molecular formula is C17H29ClN2. The van der Waals surface area contributed by atoms with Gasteiger partial charge in [0.05, 0.1) is 0 Å². The second-order valence-electron chi connectivity index (χ2n) is 5.60. The van der Waals surface area contributed by atoms with Crippen LogP contribution in [0, 0.1) is 0 Å². The van der Waals surface area contributed by atoms with Crippen molar-refractivity contribution in [2.75, 3.05) is 0 Å². The number of benzene rings is 1. The van der Waals surface area contributed by atoms with E-state index < -0.39 is 0 Å². The van der Waals surface area contributed by atoms with Crippen LogP contribution in [0.5, 0.6) is 0 Å². The quantitative estimate of drug-likeness (QED) is 0.348. The second kappa shape index (κ2) is 11.1. The van der Waals surface area contributed by atoms with E-state index in [-0.39, 0.29) is 0 Å². The Morgan fingerprint density at radius 3 is 2.20 bits per heavy atom. The van der Waals surface area contributed by atoms with E-state index in [0.717, 1.165) is 17.9 Å². The van der Waals surface area contributed by atoms with Gasteiger partial charge in [0.25, 0.3) is 0 Å². The lowest BCUT2D eigenvalue weighted by molar-refractivity contribution is 0.458. The van der Waals surface area contributed by atoms with E-state index >= 15 is 0 Å². The zero-order valence-electron chi connectivity index (χ0n) is 12.7. The maximum absolute atomic E-state index is 5.90. The normalized spacial score (nSPS) is 12.6. The predicted molar refractivity (Wildman–Crippen MR) is 88.9 cm³/mol. The van der Waals surface area contributed by atoms with Gasteiger partial charge in [-0.2, -0.15) is 0 Å². The van der Waals surface area contributed by atoms with Gasteiger partial charge in [0.1, 0.15) is 0 Å². The summed E-state index contributed by atoms with van der Waals surface area (Å²) in [6, 6.07) is 8.41. The van der Waals surface area contributed by atoms with Gasteiger partial charge < -0.3 is 0 Å². The standard InChI is InChI=1S/C17H29ClN2/c1-2-3-4-5-6-7-8-9-17(20-19)14-15-10-12-16(18)13-11-15/h10-13,17,20H,2-9,14,19H2,1H3. The fourth-order valence-corrected chi connectivity index (χ4v) is 2.62. The number of unbranched alkanes of at least 4 members (excludes halogenated alkanes) is 6. The molecule has 0 saturated heterocycles. The number of nitrogens with one attached hydrogen (secondary N) is 1. The minimum atomic E-state index is 0.367. The van der Waals surface area contributed by atoms with E-state index in [1.165, 1.54) is 50.5 Å². The maximum Gasteiger partial charge on any atom is 0.0406 e. The van der Waals surface area contributed by atoms with E-state index in [0.29, 0.717) is 6.04 Å². The third-order valence-corrected chi connectivity index (χ3v) is 4.04. The van der Waals surface area contributed by atoms with Crippen molar-refractivity contribution in [1.82, 2.24) is 5.43 Å². The lowest BCUT2D eigenvalue weighted by atomic mass is 10.00. The topological polar surface area (TPSA) is 38.0 Å².